The van der Waals surface area contributed by atoms with Gasteiger partial charge in [-0.1, -0.05) is 26.0 Å². The summed E-state index contributed by atoms with van der Waals surface area (Å²) in [6.45, 7) is 5.12. The van der Waals surface area contributed by atoms with Crippen molar-refractivity contribution in [2.75, 3.05) is 6.54 Å². The van der Waals surface area contributed by atoms with Crippen molar-refractivity contribution in [2.45, 2.75) is 51.2 Å². The van der Waals surface area contributed by atoms with Gasteiger partial charge in [-0.25, -0.2) is 4.39 Å². The second-order valence-electron chi connectivity index (χ2n) is 6.72. The number of halogens is 1. The van der Waals surface area contributed by atoms with E-state index in [1.807, 2.05) is 11.0 Å². The summed E-state index contributed by atoms with van der Waals surface area (Å²) < 4.78 is 13.5. The number of carbonyl (C=O) groups excluding carboxylic acids is 1. The van der Waals surface area contributed by atoms with Gasteiger partial charge in [-0.2, -0.15) is 0 Å². The lowest BCUT2D eigenvalue weighted by Gasteiger charge is -2.25. The molecule has 3 rings (SSSR count). The van der Waals surface area contributed by atoms with E-state index in [2.05, 4.69) is 19.2 Å². The number of carbonyl (C=O) groups is 1. The lowest BCUT2D eigenvalue weighted by Crippen LogP contribution is -2.33. The SMILES string of the molecule is CC(C)CCCN1C(=O)C2(CC2)NC1c1cccc(F)c1. The smallest absolute Gasteiger partial charge is 0.244 e. The van der Waals surface area contributed by atoms with Crippen molar-refractivity contribution in [1.29, 1.82) is 0 Å². The molecular formula is C17H23FN2O. The molecule has 0 aromatic heterocycles. The number of hydrogen-bond donors (Lipinski definition) is 1. The summed E-state index contributed by atoms with van der Waals surface area (Å²) in [6.07, 6.45) is 3.72. The van der Waals surface area contributed by atoms with Crippen molar-refractivity contribution in [3.63, 3.8) is 0 Å². The fourth-order valence-electron chi connectivity index (χ4n) is 3.12. The highest BCUT2D eigenvalue weighted by Crippen LogP contribution is 2.46. The molecule has 1 unspecified atom stereocenters. The third-order valence-electron chi connectivity index (χ3n) is 4.49. The van der Waals surface area contributed by atoms with Crippen LogP contribution in [-0.4, -0.2) is 22.9 Å². The molecule has 2 fully saturated rings. The third-order valence-corrected chi connectivity index (χ3v) is 4.49. The summed E-state index contributed by atoms with van der Waals surface area (Å²) in [7, 11) is 0. The van der Waals surface area contributed by atoms with Gasteiger partial charge in [-0.05, 0) is 49.3 Å². The molecule has 0 radical (unpaired) electrons. The molecule has 114 valence electrons. The minimum atomic E-state index is -0.352. The highest BCUT2D eigenvalue weighted by Gasteiger charge is 2.59. The van der Waals surface area contributed by atoms with Gasteiger partial charge in [0.15, 0.2) is 0 Å². The standard InChI is InChI=1S/C17H23FN2O/c1-12(2)5-4-10-20-15(13-6-3-7-14(18)11-13)19-17(8-9-17)16(20)21/h3,6-7,11-12,15,19H,4-5,8-10H2,1-2H3. The first-order chi connectivity index (χ1) is 10.0. The van der Waals surface area contributed by atoms with Gasteiger partial charge in [0.1, 0.15) is 17.5 Å². The van der Waals surface area contributed by atoms with Crippen LogP contribution in [0.5, 0.6) is 0 Å². The Labute approximate surface area is 125 Å². The lowest BCUT2D eigenvalue weighted by atomic mass is 10.1. The lowest BCUT2D eigenvalue weighted by molar-refractivity contribution is -0.131. The zero-order valence-electron chi connectivity index (χ0n) is 12.7. The van der Waals surface area contributed by atoms with Crippen LogP contribution in [0.15, 0.2) is 24.3 Å². The van der Waals surface area contributed by atoms with Crippen molar-refractivity contribution in [3.05, 3.63) is 35.6 Å². The molecule has 1 saturated heterocycles. The van der Waals surface area contributed by atoms with E-state index < -0.39 is 0 Å². The van der Waals surface area contributed by atoms with Gasteiger partial charge in [0, 0.05) is 6.54 Å². The normalized spacial score (nSPS) is 23.3. The van der Waals surface area contributed by atoms with Crippen LogP contribution >= 0.6 is 0 Å². The van der Waals surface area contributed by atoms with Crippen LogP contribution in [-0.2, 0) is 4.79 Å². The molecule has 1 aliphatic carbocycles. The van der Waals surface area contributed by atoms with Gasteiger partial charge in [-0.15, -0.1) is 0 Å². The average molecular weight is 290 g/mol. The molecule has 2 aliphatic rings. The molecule has 1 amide bonds. The maximum atomic E-state index is 13.5. The van der Waals surface area contributed by atoms with Crippen LogP contribution in [0.25, 0.3) is 0 Å². The highest BCUT2D eigenvalue weighted by atomic mass is 19.1. The summed E-state index contributed by atoms with van der Waals surface area (Å²) in [4.78, 5) is 14.5. The molecule has 1 aromatic carbocycles. The Bertz CT molecular complexity index is 539. The van der Waals surface area contributed by atoms with Crippen molar-refractivity contribution in [3.8, 4) is 0 Å². The first kappa shape index (κ1) is 14.5. The van der Waals surface area contributed by atoms with E-state index in [0.29, 0.717) is 5.92 Å². The first-order valence-corrected chi connectivity index (χ1v) is 7.86. The molecule has 1 aliphatic heterocycles. The Morgan fingerprint density at radius 2 is 2.19 bits per heavy atom. The maximum Gasteiger partial charge on any atom is 0.244 e. The fourth-order valence-corrected chi connectivity index (χ4v) is 3.12. The Morgan fingerprint density at radius 1 is 1.43 bits per heavy atom. The second-order valence-corrected chi connectivity index (χ2v) is 6.72. The summed E-state index contributed by atoms with van der Waals surface area (Å²) in [5.41, 5.74) is 0.492. The first-order valence-electron chi connectivity index (χ1n) is 7.86. The predicted octanol–water partition coefficient (Wildman–Crippen LogP) is 3.22. The number of benzene rings is 1. The summed E-state index contributed by atoms with van der Waals surface area (Å²) in [5.74, 6) is 0.583. The van der Waals surface area contributed by atoms with E-state index in [1.54, 1.807) is 6.07 Å². The minimum absolute atomic E-state index is 0.178. The van der Waals surface area contributed by atoms with Crippen molar-refractivity contribution in [1.82, 2.24) is 10.2 Å². The van der Waals surface area contributed by atoms with Gasteiger partial charge < -0.3 is 4.90 Å². The molecule has 1 atom stereocenters. The molecular weight excluding hydrogens is 267 g/mol. The Kier molecular flexibility index (Phi) is 3.74. The highest BCUT2D eigenvalue weighted by molar-refractivity contribution is 5.92. The average Bonchev–Trinajstić information content (AvgIpc) is 3.16. The second kappa shape index (κ2) is 5.41. The van der Waals surface area contributed by atoms with E-state index in [4.69, 9.17) is 0 Å². The summed E-state index contributed by atoms with van der Waals surface area (Å²) in [5, 5.41) is 3.43. The van der Waals surface area contributed by atoms with Crippen LogP contribution in [0.3, 0.4) is 0 Å². The van der Waals surface area contributed by atoms with Gasteiger partial charge in [0.2, 0.25) is 5.91 Å². The van der Waals surface area contributed by atoms with Gasteiger partial charge in [0.05, 0.1) is 0 Å². The number of rotatable bonds is 5. The Morgan fingerprint density at radius 3 is 2.81 bits per heavy atom. The Balaban J connectivity index is 1.78. The van der Waals surface area contributed by atoms with Crippen LogP contribution in [0.2, 0.25) is 0 Å². The molecule has 0 bridgehead atoms. The number of amides is 1. The molecule has 21 heavy (non-hydrogen) atoms. The third kappa shape index (κ3) is 2.82. The largest absolute Gasteiger partial charge is 0.321 e. The number of nitrogens with one attached hydrogen (secondary N) is 1. The molecule has 1 spiro atoms. The molecule has 4 heteroatoms. The maximum absolute atomic E-state index is 13.5. The zero-order chi connectivity index (χ0) is 15.0. The monoisotopic (exact) mass is 290 g/mol. The zero-order valence-corrected chi connectivity index (χ0v) is 12.7. The van der Waals surface area contributed by atoms with E-state index >= 15 is 0 Å². The molecule has 1 aromatic rings. The van der Waals surface area contributed by atoms with Crippen molar-refractivity contribution < 1.29 is 9.18 Å². The van der Waals surface area contributed by atoms with Gasteiger partial charge in [-0.3, -0.25) is 10.1 Å². The fraction of sp³-hybridized carbons (Fsp3) is 0.588. The molecule has 1 saturated carbocycles. The summed E-state index contributed by atoms with van der Waals surface area (Å²) >= 11 is 0. The molecule has 1 N–H and O–H groups in total. The van der Waals surface area contributed by atoms with E-state index in [9.17, 15) is 9.18 Å². The van der Waals surface area contributed by atoms with Gasteiger partial charge >= 0.3 is 0 Å². The van der Waals surface area contributed by atoms with Crippen LogP contribution in [0.1, 0.15) is 51.3 Å². The van der Waals surface area contributed by atoms with Crippen LogP contribution < -0.4 is 5.32 Å². The summed E-state index contributed by atoms with van der Waals surface area (Å²) in [6, 6.07) is 6.57. The van der Waals surface area contributed by atoms with E-state index in [1.165, 1.54) is 12.1 Å². The number of nitrogens with zero attached hydrogens (tertiary/aromatic N) is 1. The molecule has 1 heterocycles. The molecule has 3 nitrogen and oxygen atoms in total. The Hall–Kier alpha value is -1.42. The predicted molar refractivity (Wildman–Crippen MR) is 80.0 cm³/mol. The minimum Gasteiger partial charge on any atom is -0.321 e. The quantitative estimate of drug-likeness (QED) is 0.903. The van der Waals surface area contributed by atoms with Crippen molar-refractivity contribution >= 4 is 5.91 Å². The number of hydrogen-bond acceptors (Lipinski definition) is 2. The topological polar surface area (TPSA) is 32.3 Å². The van der Waals surface area contributed by atoms with Crippen LogP contribution in [0.4, 0.5) is 4.39 Å². The van der Waals surface area contributed by atoms with E-state index in [-0.39, 0.29) is 23.4 Å². The van der Waals surface area contributed by atoms with Crippen LogP contribution in [0, 0.1) is 11.7 Å². The van der Waals surface area contributed by atoms with E-state index in [0.717, 1.165) is 37.8 Å². The van der Waals surface area contributed by atoms with Gasteiger partial charge in [0.25, 0.3) is 0 Å². The van der Waals surface area contributed by atoms with Crippen molar-refractivity contribution in [2.24, 2.45) is 5.92 Å².